The lowest BCUT2D eigenvalue weighted by Crippen LogP contribution is -2.33. The first-order chi connectivity index (χ1) is 8.13. The van der Waals surface area contributed by atoms with E-state index in [-0.39, 0.29) is 6.79 Å². The van der Waals surface area contributed by atoms with Gasteiger partial charge >= 0.3 is 7.12 Å². The first-order valence-corrected chi connectivity index (χ1v) is 5.82. The van der Waals surface area contributed by atoms with Gasteiger partial charge in [0.05, 0.1) is 0 Å². The zero-order chi connectivity index (χ0) is 12.4. The minimum Gasteiger partial charge on any atom is -0.468 e. The molecule has 92 valence electrons. The SMILES string of the molecule is COCOc1cc(Cl)c(C2CC2)c(B(O)O)c1. The van der Waals surface area contributed by atoms with Gasteiger partial charge in [-0.05, 0) is 41.9 Å². The quantitative estimate of drug-likeness (QED) is 0.606. The topological polar surface area (TPSA) is 58.9 Å². The number of hydrogen-bond donors (Lipinski definition) is 2. The summed E-state index contributed by atoms with van der Waals surface area (Å²) in [6.07, 6.45) is 2.08. The molecular weight excluding hydrogens is 242 g/mol. The smallest absolute Gasteiger partial charge is 0.468 e. The molecule has 0 spiro atoms. The zero-order valence-electron chi connectivity index (χ0n) is 9.52. The van der Waals surface area contributed by atoms with Gasteiger partial charge in [-0.2, -0.15) is 0 Å². The van der Waals surface area contributed by atoms with Gasteiger partial charge in [-0.15, -0.1) is 0 Å². The molecular formula is C11H14BClO4. The third kappa shape index (κ3) is 2.93. The maximum Gasteiger partial charge on any atom is 0.488 e. The Bertz CT molecular complexity index is 407. The molecule has 1 aromatic carbocycles. The number of halogens is 1. The molecule has 0 unspecified atom stereocenters. The second-order valence-corrected chi connectivity index (χ2v) is 4.51. The van der Waals surface area contributed by atoms with Gasteiger partial charge in [0.15, 0.2) is 6.79 Å². The lowest BCUT2D eigenvalue weighted by atomic mass is 9.75. The minimum atomic E-state index is -1.53. The second kappa shape index (κ2) is 5.27. The average molecular weight is 256 g/mol. The van der Waals surface area contributed by atoms with E-state index in [1.165, 1.54) is 7.11 Å². The molecule has 6 heteroatoms. The summed E-state index contributed by atoms with van der Waals surface area (Å²) < 4.78 is 10.0. The van der Waals surface area contributed by atoms with Gasteiger partial charge in [0.1, 0.15) is 5.75 Å². The Morgan fingerprint density at radius 3 is 2.65 bits per heavy atom. The highest BCUT2D eigenvalue weighted by Gasteiger charge is 2.32. The Kier molecular flexibility index (Phi) is 3.94. The Hall–Kier alpha value is -0.745. The highest BCUT2D eigenvalue weighted by Crippen LogP contribution is 2.43. The van der Waals surface area contributed by atoms with Crippen LogP contribution in [0.2, 0.25) is 5.02 Å². The highest BCUT2D eigenvalue weighted by atomic mass is 35.5. The van der Waals surface area contributed by atoms with Crippen molar-refractivity contribution in [3.63, 3.8) is 0 Å². The first-order valence-electron chi connectivity index (χ1n) is 5.44. The van der Waals surface area contributed by atoms with Crippen molar-refractivity contribution in [2.75, 3.05) is 13.9 Å². The zero-order valence-corrected chi connectivity index (χ0v) is 10.3. The highest BCUT2D eigenvalue weighted by molar-refractivity contribution is 6.60. The molecule has 0 atom stereocenters. The van der Waals surface area contributed by atoms with E-state index in [0.29, 0.717) is 22.2 Å². The van der Waals surface area contributed by atoms with Crippen LogP contribution in [0.4, 0.5) is 0 Å². The molecule has 1 saturated carbocycles. The van der Waals surface area contributed by atoms with Crippen molar-refractivity contribution in [1.82, 2.24) is 0 Å². The number of rotatable bonds is 5. The first kappa shape index (κ1) is 12.7. The summed E-state index contributed by atoms with van der Waals surface area (Å²) in [4.78, 5) is 0. The Balaban J connectivity index is 2.33. The van der Waals surface area contributed by atoms with Crippen LogP contribution in [0, 0.1) is 0 Å². The van der Waals surface area contributed by atoms with Gasteiger partial charge in [0.25, 0.3) is 0 Å². The summed E-state index contributed by atoms with van der Waals surface area (Å²) in [5.41, 5.74) is 1.25. The molecule has 0 saturated heterocycles. The predicted molar refractivity (Wildman–Crippen MR) is 65.8 cm³/mol. The fourth-order valence-electron chi connectivity index (χ4n) is 1.84. The van der Waals surface area contributed by atoms with Crippen LogP contribution in [0.25, 0.3) is 0 Å². The average Bonchev–Trinajstić information content (AvgIpc) is 3.09. The Morgan fingerprint density at radius 1 is 1.41 bits per heavy atom. The number of benzene rings is 1. The largest absolute Gasteiger partial charge is 0.488 e. The molecule has 1 fully saturated rings. The standard InChI is InChI=1S/C11H14BClO4/c1-16-6-17-8-4-9(12(14)15)11(7-2-3-7)10(13)5-8/h4-5,7,14-15H,2-3,6H2,1H3. The summed E-state index contributed by atoms with van der Waals surface area (Å²) in [6.45, 7) is 0.0973. The minimum absolute atomic E-state index is 0.0973. The predicted octanol–water partition coefficient (Wildman–Crippen LogP) is 0.880. The van der Waals surface area contributed by atoms with Gasteiger partial charge in [-0.3, -0.25) is 0 Å². The van der Waals surface area contributed by atoms with E-state index in [1.54, 1.807) is 12.1 Å². The van der Waals surface area contributed by atoms with E-state index in [9.17, 15) is 10.0 Å². The monoisotopic (exact) mass is 256 g/mol. The third-order valence-corrected chi connectivity index (χ3v) is 3.05. The molecule has 0 radical (unpaired) electrons. The summed E-state index contributed by atoms with van der Waals surface area (Å²) in [7, 11) is -0.0173. The summed E-state index contributed by atoms with van der Waals surface area (Å²) in [6, 6.07) is 3.28. The van der Waals surface area contributed by atoms with E-state index >= 15 is 0 Å². The molecule has 0 bridgehead atoms. The molecule has 0 amide bonds. The lowest BCUT2D eigenvalue weighted by Gasteiger charge is -2.13. The number of hydrogen-bond acceptors (Lipinski definition) is 4. The van der Waals surface area contributed by atoms with Crippen LogP contribution in [0.1, 0.15) is 24.3 Å². The van der Waals surface area contributed by atoms with E-state index in [0.717, 1.165) is 18.4 Å². The Labute approximate surface area is 105 Å². The van der Waals surface area contributed by atoms with E-state index < -0.39 is 7.12 Å². The van der Waals surface area contributed by atoms with Crippen LogP contribution in [-0.4, -0.2) is 31.1 Å². The molecule has 1 aromatic rings. The lowest BCUT2D eigenvalue weighted by molar-refractivity contribution is 0.0511. The summed E-state index contributed by atoms with van der Waals surface area (Å²) in [5, 5.41) is 19.2. The van der Waals surface area contributed by atoms with Crippen LogP contribution in [0.15, 0.2) is 12.1 Å². The van der Waals surface area contributed by atoms with Crippen LogP contribution in [0.3, 0.4) is 0 Å². The van der Waals surface area contributed by atoms with Gasteiger partial charge in [-0.1, -0.05) is 11.6 Å². The molecule has 0 aliphatic heterocycles. The van der Waals surface area contributed by atoms with Crippen molar-refractivity contribution >= 4 is 24.2 Å². The second-order valence-electron chi connectivity index (χ2n) is 4.11. The molecule has 17 heavy (non-hydrogen) atoms. The van der Waals surface area contributed by atoms with Crippen molar-refractivity contribution in [2.45, 2.75) is 18.8 Å². The third-order valence-electron chi connectivity index (χ3n) is 2.74. The molecule has 0 heterocycles. The summed E-state index contributed by atoms with van der Waals surface area (Å²) >= 11 is 6.15. The van der Waals surface area contributed by atoms with Crippen LogP contribution >= 0.6 is 11.6 Å². The molecule has 1 aliphatic carbocycles. The normalized spacial score (nSPS) is 14.8. The maximum absolute atomic E-state index is 9.37. The molecule has 2 N–H and O–H groups in total. The van der Waals surface area contributed by atoms with Crippen molar-refractivity contribution in [2.24, 2.45) is 0 Å². The van der Waals surface area contributed by atoms with Gasteiger partial charge < -0.3 is 19.5 Å². The number of ether oxygens (including phenoxy) is 2. The van der Waals surface area contributed by atoms with E-state index in [4.69, 9.17) is 21.1 Å². The molecule has 0 aromatic heterocycles. The van der Waals surface area contributed by atoms with Crippen LogP contribution in [0.5, 0.6) is 5.75 Å². The maximum atomic E-state index is 9.37. The number of methoxy groups -OCH3 is 1. The van der Waals surface area contributed by atoms with Gasteiger partial charge in [0, 0.05) is 12.1 Å². The van der Waals surface area contributed by atoms with E-state index in [1.807, 2.05) is 0 Å². The van der Waals surface area contributed by atoms with Crippen molar-refractivity contribution < 1.29 is 19.5 Å². The fraction of sp³-hybridized carbons (Fsp3) is 0.455. The molecule has 2 rings (SSSR count). The van der Waals surface area contributed by atoms with Crippen molar-refractivity contribution in [3.05, 3.63) is 22.7 Å². The van der Waals surface area contributed by atoms with Crippen LogP contribution < -0.4 is 10.2 Å². The fourth-order valence-corrected chi connectivity index (χ4v) is 2.21. The van der Waals surface area contributed by atoms with Crippen molar-refractivity contribution in [1.29, 1.82) is 0 Å². The van der Waals surface area contributed by atoms with Crippen LogP contribution in [-0.2, 0) is 4.74 Å². The van der Waals surface area contributed by atoms with Gasteiger partial charge in [-0.25, -0.2) is 0 Å². The van der Waals surface area contributed by atoms with Gasteiger partial charge in [0.2, 0.25) is 0 Å². The van der Waals surface area contributed by atoms with E-state index in [2.05, 4.69) is 0 Å². The molecule has 1 aliphatic rings. The van der Waals surface area contributed by atoms with Crippen molar-refractivity contribution in [3.8, 4) is 5.75 Å². The molecule has 4 nitrogen and oxygen atoms in total. The summed E-state index contributed by atoms with van der Waals surface area (Å²) in [5.74, 6) is 0.820. The Morgan fingerprint density at radius 2 is 2.12 bits per heavy atom.